The van der Waals surface area contributed by atoms with Crippen LogP contribution in [0.5, 0.6) is 5.75 Å². The molecule has 0 bridgehead atoms. The number of ether oxygens (including phenoxy) is 1. The smallest absolute Gasteiger partial charge is 0.354 e. The highest BCUT2D eigenvalue weighted by Crippen LogP contribution is 2.30. The lowest BCUT2D eigenvalue weighted by atomic mass is 9.99. The number of hydrogen-bond acceptors (Lipinski definition) is 3. The first-order chi connectivity index (χ1) is 8.54. The van der Waals surface area contributed by atoms with Crippen molar-refractivity contribution in [3.05, 3.63) is 35.5 Å². The number of rotatable bonds is 3. The van der Waals surface area contributed by atoms with Crippen molar-refractivity contribution in [3.63, 3.8) is 0 Å². The molecule has 0 spiro atoms. The lowest BCUT2D eigenvalue weighted by Crippen LogP contribution is -2.03. The van der Waals surface area contributed by atoms with Crippen molar-refractivity contribution in [2.75, 3.05) is 7.11 Å². The van der Waals surface area contributed by atoms with Gasteiger partial charge in [0.15, 0.2) is 5.69 Å². The second-order valence-corrected chi connectivity index (χ2v) is 4.41. The molecule has 1 heterocycles. The Balaban J connectivity index is 2.84. The maximum Gasteiger partial charge on any atom is 0.354 e. The number of pyridine rings is 1. The van der Waals surface area contributed by atoms with Crippen LogP contribution < -0.4 is 4.74 Å². The van der Waals surface area contributed by atoms with E-state index in [-0.39, 0.29) is 11.6 Å². The predicted octanol–water partition coefficient (Wildman–Crippen LogP) is 3.07. The van der Waals surface area contributed by atoms with Crippen molar-refractivity contribution < 1.29 is 14.6 Å². The number of carboxylic acids is 1. The number of para-hydroxylation sites is 1. The molecular weight excluding hydrogens is 230 g/mol. The molecule has 94 valence electrons. The number of aromatic carboxylic acids is 1. The van der Waals surface area contributed by atoms with Crippen LogP contribution in [0, 0.1) is 0 Å². The van der Waals surface area contributed by atoms with Crippen molar-refractivity contribution in [1.29, 1.82) is 0 Å². The average molecular weight is 245 g/mol. The molecule has 0 radical (unpaired) electrons. The molecule has 4 nitrogen and oxygen atoms in total. The molecule has 0 saturated heterocycles. The van der Waals surface area contributed by atoms with Crippen molar-refractivity contribution in [3.8, 4) is 5.75 Å². The van der Waals surface area contributed by atoms with Gasteiger partial charge in [-0.25, -0.2) is 9.78 Å². The quantitative estimate of drug-likeness (QED) is 0.902. The van der Waals surface area contributed by atoms with Gasteiger partial charge in [-0.1, -0.05) is 26.0 Å². The van der Waals surface area contributed by atoms with Gasteiger partial charge in [0, 0.05) is 11.5 Å². The Morgan fingerprint density at radius 1 is 1.39 bits per heavy atom. The summed E-state index contributed by atoms with van der Waals surface area (Å²) in [6, 6.07) is 7.24. The van der Waals surface area contributed by atoms with Crippen molar-refractivity contribution >= 4 is 16.9 Å². The summed E-state index contributed by atoms with van der Waals surface area (Å²) in [5, 5.41) is 9.92. The van der Waals surface area contributed by atoms with Gasteiger partial charge in [0.05, 0.1) is 12.6 Å². The zero-order valence-corrected chi connectivity index (χ0v) is 10.6. The summed E-state index contributed by atoms with van der Waals surface area (Å²) in [6.45, 7) is 4.10. The van der Waals surface area contributed by atoms with Crippen LogP contribution in [-0.2, 0) is 0 Å². The first-order valence-corrected chi connectivity index (χ1v) is 5.75. The minimum Gasteiger partial charge on any atom is -0.496 e. The molecule has 2 aromatic rings. The maximum absolute atomic E-state index is 11.1. The molecule has 1 aromatic carbocycles. The largest absolute Gasteiger partial charge is 0.496 e. The molecule has 0 saturated carbocycles. The summed E-state index contributed by atoms with van der Waals surface area (Å²) in [7, 11) is 1.53. The van der Waals surface area contributed by atoms with E-state index in [0.29, 0.717) is 11.3 Å². The molecule has 0 aliphatic rings. The molecule has 0 aliphatic heterocycles. The van der Waals surface area contributed by atoms with E-state index in [1.165, 1.54) is 13.2 Å². The monoisotopic (exact) mass is 245 g/mol. The number of fused-ring (bicyclic) bond motifs is 1. The van der Waals surface area contributed by atoms with Crippen LogP contribution in [0.1, 0.15) is 35.8 Å². The first-order valence-electron chi connectivity index (χ1n) is 5.75. The van der Waals surface area contributed by atoms with Gasteiger partial charge in [0.25, 0.3) is 0 Å². The van der Waals surface area contributed by atoms with E-state index in [2.05, 4.69) is 18.8 Å². The fourth-order valence-corrected chi connectivity index (χ4v) is 1.98. The topological polar surface area (TPSA) is 59.4 Å². The third-order valence-corrected chi connectivity index (χ3v) is 2.89. The highest BCUT2D eigenvalue weighted by atomic mass is 16.5. The molecule has 1 N–H and O–H groups in total. The number of methoxy groups -OCH3 is 1. The van der Waals surface area contributed by atoms with Gasteiger partial charge in [-0.05, 0) is 17.5 Å². The second kappa shape index (κ2) is 4.64. The Kier molecular flexibility index (Phi) is 3.19. The number of hydrogen-bond donors (Lipinski definition) is 1. The van der Waals surface area contributed by atoms with E-state index in [1.807, 2.05) is 18.2 Å². The summed E-state index contributed by atoms with van der Waals surface area (Å²) >= 11 is 0. The van der Waals surface area contributed by atoms with Crippen LogP contribution in [-0.4, -0.2) is 23.2 Å². The summed E-state index contributed by atoms with van der Waals surface area (Å²) in [6.07, 6.45) is 0. The fourth-order valence-electron chi connectivity index (χ4n) is 1.98. The minimum absolute atomic E-state index is 0.00690. The molecule has 1 aromatic heterocycles. The Hall–Kier alpha value is -2.10. The number of nitrogens with zero attached hydrogens (tertiary/aromatic N) is 1. The number of carbonyl (C=O) groups is 1. The van der Waals surface area contributed by atoms with Crippen LogP contribution in [0.15, 0.2) is 24.3 Å². The highest BCUT2D eigenvalue weighted by Gasteiger charge is 2.14. The highest BCUT2D eigenvalue weighted by molar-refractivity contribution is 5.94. The van der Waals surface area contributed by atoms with Crippen LogP contribution in [0.4, 0.5) is 0 Å². The molecule has 0 unspecified atom stereocenters. The van der Waals surface area contributed by atoms with E-state index in [9.17, 15) is 4.79 Å². The molecular formula is C14H15NO3. The molecule has 4 heteroatoms. The average Bonchev–Trinajstić information content (AvgIpc) is 2.36. The molecule has 0 amide bonds. The van der Waals surface area contributed by atoms with E-state index in [0.717, 1.165) is 10.9 Å². The molecule has 0 aliphatic carbocycles. The first kappa shape index (κ1) is 12.4. The van der Waals surface area contributed by atoms with Gasteiger partial charge < -0.3 is 9.84 Å². The standard InChI is InChI=1S/C14H15NO3/c1-8(2)9-5-4-6-10-12(18-3)7-11(14(16)17)15-13(9)10/h4-8H,1-3H3,(H,16,17). The summed E-state index contributed by atoms with van der Waals surface area (Å²) in [4.78, 5) is 15.3. The maximum atomic E-state index is 11.1. The number of carboxylic acid groups (broad SMARTS) is 1. The van der Waals surface area contributed by atoms with E-state index < -0.39 is 5.97 Å². The number of aromatic nitrogens is 1. The van der Waals surface area contributed by atoms with Crippen molar-refractivity contribution in [1.82, 2.24) is 4.98 Å². The molecule has 0 atom stereocenters. The van der Waals surface area contributed by atoms with E-state index in [4.69, 9.17) is 9.84 Å². The van der Waals surface area contributed by atoms with Gasteiger partial charge >= 0.3 is 5.97 Å². The van der Waals surface area contributed by atoms with Crippen molar-refractivity contribution in [2.24, 2.45) is 0 Å². The van der Waals surface area contributed by atoms with Gasteiger partial charge in [0.2, 0.25) is 0 Å². The van der Waals surface area contributed by atoms with Crippen LogP contribution >= 0.6 is 0 Å². The minimum atomic E-state index is -1.05. The number of benzene rings is 1. The van der Waals surface area contributed by atoms with Gasteiger partial charge in [-0.3, -0.25) is 0 Å². The Morgan fingerprint density at radius 2 is 2.11 bits per heavy atom. The normalized spacial score (nSPS) is 10.9. The van der Waals surface area contributed by atoms with Crippen LogP contribution in [0.3, 0.4) is 0 Å². The Labute approximate surface area is 105 Å². The van der Waals surface area contributed by atoms with Gasteiger partial charge in [-0.2, -0.15) is 0 Å². The van der Waals surface area contributed by atoms with E-state index >= 15 is 0 Å². The van der Waals surface area contributed by atoms with E-state index in [1.54, 1.807) is 0 Å². The van der Waals surface area contributed by atoms with Crippen LogP contribution in [0.2, 0.25) is 0 Å². The zero-order valence-electron chi connectivity index (χ0n) is 10.6. The zero-order chi connectivity index (χ0) is 13.3. The lowest BCUT2D eigenvalue weighted by molar-refractivity contribution is 0.0690. The summed E-state index contributed by atoms with van der Waals surface area (Å²) in [5.74, 6) is -0.233. The Morgan fingerprint density at radius 3 is 2.67 bits per heavy atom. The molecule has 0 fully saturated rings. The second-order valence-electron chi connectivity index (χ2n) is 4.41. The van der Waals surface area contributed by atoms with Gasteiger partial charge in [-0.15, -0.1) is 0 Å². The van der Waals surface area contributed by atoms with Gasteiger partial charge in [0.1, 0.15) is 5.75 Å². The molecule has 2 rings (SSSR count). The SMILES string of the molecule is COc1cc(C(=O)O)nc2c(C(C)C)cccc12. The summed E-state index contributed by atoms with van der Waals surface area (Å²) < 4.78 is 5.25. The summed E-state index contributed by atoms with van der Waals surface area (Å²) in [5.41, 5.74) is 1.73. The Bertz CT molecular complexity index is 605. The lowest BCUT2D eigenvalue weighted by Gasteiger charge is -2.12. The third-order valence-electron chi connectivity index (χ3n) is 2.89. The van der Waals surface area contributed by atoms with Crippen LogP contribution in [0.25, 0.3) is 10.9 Å². The van der Waals surface area contributed by atoms with Crippen molar-refractivity contribution in [2.45, 2.75) is 19.8 Å². The third kappa shape index (κ3) is 2.01. The fraction of sp³-hybridized carbons (Fsp3) is 0.286. The molecule has 18 heavy (non-hydrogen) atoms. The predicted molar refractivity (Wildman–Crippen MR) is 69.3 cm³/mol.